The number of amides is 2. The van der Waals surface area contributed by atoms with Gasteiger partial charge in [-0.1, -0.05) is 18.2 Å². The lowest BCUT2D eigenvalue weighted by molar-refractivity contribution is 0.183. The van der Waals surface area contributed by atoms with Gasteiger partial charge in [-0.3, -0.25) is 0 Å². The summed E-state index contributed by atoms with van der Waals surface area (Å²) in [5.41, 5.74) is 6.45. The highest BCUT2D eigenvalue weighted by Crippen LogP contribution is 2.25. The van der Waals surface area contributed by atoms with Crippen LogP contribution in [0.1, 0.15) is 31.4 Å². The molecule has 5 nitrogen and oxygen atoms in total. The Balaban J connectivity index is 1.92. The average molecular weight is 277 g/mol. The molecule has 3 N–H and O–H groups in total. The van der Waals surface area contributed by atoms with Crippen molar-refractivity contribution < 1.29 is 9.53 Å². The fourth-order valence-corrected chi connectivity index (χ4v) is 2.73. The van der Waals surface area contributed by atoms with Crippen molar-refractivity contribution >= 4 is 6.03 Å². The molecule has 5 heteroatoms. The molecule has 1 atom stereocenters. The van der Waals surface area contributed by atoms with Gasteiger partial charge in [0.15, 0.2) is 0 Å². The van der Waals surface area contributed by atoms with E-state index in [-0.39, 0.29) is 12.1 Å². The summed E-state index contributed by atoms with van der Waals surface area (Å²) >= 11 is 0. The standard InChI is InChI=1S/C15H23N3O2/c1-11(13-5-3-4-6-14(13)20-2)17-12-7-9-18(10-8-12)15(16)19/h3-6,11-12,17H,7-10H2,1-2H3,(H2,16,19). The molecule has 0 radical (unpaired) electrons. The fourth-order valence-electron chi connectivity index (χ4n) is 2.73. The van der Waals surface area contributed by atoms with Crippen LogP contribution in [0.4, 0.5) is 4.79 Å². The number of carbonyl (C=O) groups excluding carboxylic acids is 1. The Kier molecular flexibility index (Phi) is 4.84. The molecule has 0 aromatic heterocycles. The number of urea groups is 1. The van der Waals surface area contributed by atoms with Gasteiger partial charge in [0.1, 0.15) is 5.75 Å². The first-order valence-corrected chi connectivity index (χ1v) is 7.05. The van der Waals surface area contributed by atoms with E-state index in [9.17, 15) is 4.79 Å². The van der Waals surface area contributed by atoms with E-state index in [1.54, 1.807) is 12.0 Å². The van der Waals surface area contributed by atoms with Gasteiger partial charge in [-0.15, -0.1) is 0 Å². The van der Waals surface area contributed by atoms with E-state index < -0.39 is 0 Å². The summed E-state index contributed by atoms with van der Waals surface area (Å²) in [6.45, 7) is 3.59. The van der Waals surface area contributed by atoms with Crippen molar-refractivity contribution in [3.63, 3.8) is 0 Å². The fraction of sp³-hybridized carbons (Fsp3) is 0.533. The quantitative estimate of drug-likeness (QED) is 0.883. The number of primary amides is 1. The number of nitrogens with zero attached hydrogens (tertiary/aromatic N) is 1. The van der Waals surface area contributed by atoms with Gasteiger partial charge in [-0.2, -0.15) is 0 Å². The predicted octanol–water partition coefficient (Wildman–Crippen LogP) is 1.89. The molecule has 1 fully saturated rings. The summed E-state index contributed by atoms with van der Waals surface area (Å²) in [5, 5.41) is 3.61. The lowest BCUT2D eigenvalue weighted by Gasteiger charge is -2.33. The van der Waals surface area contributed by atoms with Gasteiger partial charge in [0, 0.05) is 30.7 Å². The van der Waals surface area contributed by atoms with Gasteiger partial charge in [-0.25, -0.2) is 4.79 Å². The van der Waals surface area contributed by atoms with Crippen molar-refractivity contribution in [1.82, 2.24) is 10.2 Å². The van der Waals surface area contributed by atoms with Crippen molar-refractivity contribution in [3.05, 3.63) is 29.8 Å². The molecule has 1 aliphatic heterocycles. The maximum atomic E-state index is 11.1. The zero-order chi connectivity index (χ0) is 14.5. The van der Waals surface area contributed by atoms with E-state index in [0.717, 1.165) is 37.2 Å². The second-order valence-electron chi connectivity index (χ2n) is 5.23. The molecule has 1 unspecified atom stereocenters. The molecule has 1 aromatic rings. The van der Waals surface area contributed by atoms with E-state index in [0.29, 0.717) is 6.04 Å². The Morgan fingerprint density at radius 1 is 1.40 bits per heavy atom. The largest absolute Gasteiger partial charge is 0.496 e. The number of methoxy groups -OCH3 is 1. The maximum absolute atomic E-state index is 11.1. The number of hydrogen-bond donors (Lipinski definition) is 2. The summed E-state index contributed by atoms with van der Waals surface area (Å²) in [6.07, 6.45) is 1.87. The van der Waals surface area contributed by atoms with Crippen LogP contribution >= 0.6 is 0 Å². The molecular formula is C15H23N3O2. The van der Waals surface area contributed by atoms with Crippen molar-refractivity contribution in [1.29, 1.82) is 0 Å². The number of nitrogens with two attached hydrogens (primary N) is 1. The molecule has 1 heterocycles. The van der Waals surface area contributed by atoms with E-state index in [1.807, 2.05) is 18.2 Å². The first kappa shape index (κ1) is 14.7. The molecule has 0 bridgehead atoms. The Morgan fingerprint density at radius 2 is 2.05 bits per heavy atom. The summed E-state index contributed by atoms with van der Waals surface area (Å²) in [6, 6.07) is 8.35. The highest BCUT2D eigenvalue weighted by atomic mass is 16.5. The molecule has 20 heavy (non-hydrogen) atoms. The minimum Gasteiger partial charge on any atom is -0.496 e. The number of carbonyl (C=O) groups is 1. The SMILES string of the molecule is COc1ccccc1C(C)NC1CCN(C(N)=O)CC1. The molecule has 2 amide bonds. The number of nitrogens with one attached hydrogen (secondary N) is 1. The molecule has 110 valence electrons. The zero-order valence-electron chi connectivity index (χ0n) is 12.1. The predicted molar refractivity (Wildman–Crippen MR) is 78.7 cm³/mol. The zero-order valence-corrected chi connectivity index (χ0v) is 12.1. The molecule has 0 spiro atoms. The van der Waals surface area contributed by atoms with Crippen molar-refractivity contribution in [3.8, 4) is 5.75 Å². The number of para-hydroxylation sites is 1. The molecule has 1 aliphatic rings. The van der Waals surface area contributed by atoms with Gasteiger partial charge in [-0.05, 0) is 25.8 Å². The number of benzene rings is 1. The number of piperidine rings is 1. The molecular weight excluding hydrogens is 254 g/mol. The first-order chi connectivity index (χ1) is 9.61. The second-order valence-corrected chi connectivity index (χ2v) is 5.23. The number of hydrogen-bond acceptors (Lipinski definition) is 3. The third kappa shape index (κ3) is 3.42. The molecule has 1 aromatic carbocycles. The minimum atomic E-state index is -0.318. The molecule has 2 rings (SSSR count). The smallest absolute Gasteiger partial charge is 0.314 e. The monoisotopic (exact) mass is 277 g/mol. The lowest BCUT2D eigenvalue weighted by atomic mass is 10.0. The van der Waals surface area contributed by atoms with Crippen molar-refractivity contribution in [2.45, 2.75) is 31.8 Å². The topological polar surface area (TPSA) is 67.6 Å². The van der Waals surface area contributed by atoms with E-state index >= 15 is 0 Å². The average Bonchev–Trinajstić information content (AvgIpc) is 2.47. The van der Waals surface area contributed by atoms with Crippen LogP contribution in [-0.2, 0) is 0 Å². The Labute approximate surface area is 120 Å². The van der Waals surface area contributed by atoms with Gasteiger partial charge in [0.25, 0.3) is 0 Å². The Bertz CT molecular complexity index is 456. The summed E-state index contributed by atoms with van der Waals surface area (Å²) in [4.78, 5) is 12.8. The normalized spacial score (nSPS) is 17.8. The number of likely N-dealkylation sites (tertiary alicyclic amines) is 1. The molecule has 0 saturated carbocycles. The molecule has 0 aliphatic carbocycles. The summed E-state index contributed by atoms with van der Waals surface area (Å²) in [7, 11) is 1.69. The highest BCUT2D eigenvalue weighted by Gasteiger charge is 2.23. The molecule has 1 saturated heterocycles. The van der Waals surface area contributed by atoms with Crippen LogP contribution in [0.25, 0.3) is 0 Å². The van der Waals surface area contributed by atoms with Gasteiger partial charge in [0.05, 0.1) is 7.11 Å². The summed E-state index contributed by atoms with van der Waals surface area (Å²) < 4.78 is 5.39. The number of ether oxygens (including phenoxy) is 1. The van der Waals surface area contributed by atoms with E-state index in [2.05, 4.69) is 18.3 Å². The third-order valence-electron chi connectivity index (χ3n) is 3.90. The van der Waals surface area contributed by atoms with Crippen LogP contribution in [0.15, 0.2) is 24.3 Å². The first-order valence-electron chi connectivity index (χ1n) is 7.05. The Morgan fingerprint density at radius 3 is 2.65 bits per heavy atom. The van der Waals surface area contributed by atoms with Gasteiger partial charge < -0.3 is 20.7 Å². The van der Waals surface area contributed by atoms with Crippen LogP contribution < -0.4 is 15.8 Å². The second kappa shape index (κ2) is 6.61. The Hall–Kier alpha value is -1.75. The van der Waals surface area contributed by atoms with E-state index in [4.69, 9.17) is 10.5 Å². The maximum Gasteiger partial charge on any atom is 0.314 e. The van der Waals surface area contributed by atoms with Crippen LogP contribution in [-0.4, -0.2) is 37.2 Å². The number of rotatable bonds is 4. The van der Waals surface area contributed by atoms with Gasteiger partial charge in [0.2, 0.25) is 0 Å². The van der Waals surface area contributed by atoms with Crippen LogP contribution in [0.5, 0.6) is 5.75 Å². The lowest BCUT2D eigenvalue weighted by Crippen LogP contribution is -2.47. The minimum absolute atomic E-state index is 0.219. The summed E-state index contributed by atoms with van der Waals surface area (Å²) in [5.74, 6) is 0.905. The van der Waals surface area contributed by atoms with Gasteiger partial charge >= 0.3 is 6.03 Å². The van der Waals surface area contributed by atoms with Crippen LogP contribution in [0.2, 0.25) is 0 Å². The van der Waals surface area contributed by atoms with Crippen molar-refractivity contribution in [2.24, 2.45) is 5.73 Å². The highest BCUT2D eigenvalue weighted by molar-refractivity contribution is 5.72. The van der Waals surface area contributed by atoms with Crippen molar-refractivity contribution in [2.75, 3.05) is 20.2 Å². The van der Waals surface area contributed by atoms with Crippen LogP contribution in [0, 0.1) is 0 Å². The van der Waals surface area contributed by atoms with Crippen LogP contribution in [0.3, 0.4) is 0 Å². The third-order valence-corrected chi connectivity index (χ3v) is 3.90. The van der Waals surface area contributed by atoms with E-state index in [1.165, 1.54) is 0 Å².